The van der Waals surface area contributed by atoms with Gasteiger partial charge in [-0.1, -0.05) is 6.92 Å². The normalized spacial score (nSPS) is 12.0. The van der Waals surface area contributed by atoms with Crippen LogP contribution in [0.4, 0.5) is 0 Å². The van der Waals surface area contributed by atoms with Crippen LogP contribution >= 0.6 is 11.8 Å². The summed E-state index contributed by atoms with van der Waals surface area (Å²) >= 11 is 1.70. The Kier molecular flexibility index (Phi) is 5.83. The molecule has 0 aromatic heterocycles. The fraction of sp³-hybridized carbons (Fsp3) is 0.833. The van der Waals surface area contributed by atoms with Crippen molar-refractivity contribution < 1.29 is 0 Å². The van der Waals surface area contributed by atoms with Crippen LogP contribution in [0.3, 0.4) is 0 Å². The zero-order valence-electron chi connectivity index (χ0n) is 6.05. The Hall–Kier alpha value is -0.180. The Balaban J connectivity index is 3.30. The van der Waals surface area contributed by atoms with E-state index in [4.69, 9.17) is 5.73 Å². The molecule has 0 heterocycles. The van der Waals surface area contributed by atoms with Gasteiger partial charge in [-0.05, 0) is 12.7 Å². The minimum absolute atomic E-state index is 0.768. The number of aliphatic imine (C=N–C) groups is 1. The molecule has 3 heteroatoms. The van der Waals surface area contributed by atoms with Crippen molar-refractivity contribution >= 4 is 17.6 Å². The van der Waals surface area contributed by atoms with Crippen LogP contribution < -0.4 is 5.73 Å². The molecule has 0 aliphatic carbocycles. The lowest BCUT2D eigenvalue weighted by molar-refractivity contribution is 0.929. The lowest BCUT2D eigenvalue weighted by atomic mass is 10.5. The lowest BCUT2D eigenvalue weighted by Gasteiger charge is -1.94. The van der Waals surface area contributed by atoms with Gasteiger partial charge in [-0.25, -0.2) is 0 Å². The predicted octanol–water partition coefficient (Wildman–Crippen LogP) is 1.12. The van der Waals surface area contributed by atoms with Gasteiger partial charge in [0.05, 0.1) is 5.75 Å². The molecule has 0 radical (unpaired) electrons. The van der Waals surface area contributed by atoms with Crippen LogP contribution in [0.5, 0.6) is 0 Å². The molecular weight excluding hydrogens is 132 g/mol. The smallest absolute Gasteiger partial charge is 0.104 e. The zero-order chi connectivity index (χ0) is 7.11. The molecule has 0 unspecified atom stereocenters. The third kappa shape index (κ3) is 5.69. The number of amidine groups is 1. The van der Waals surface area contributed by atoms with E-state index in [0.717, 1.165) is 24.6 Å². The van der Waals surface area contributed by atoms with Crippen LogP contribution in [-0.4, -0.2) is 24.4 Å². The molecule has 0 amide bonds. The van der Waals surface area contributed by atoms with Crippen molar-refractivity contribution in [3.05, 3.63) is 0 Å². The van der Waals surface area contributed by atoms with Crippen molar-refractivity contribution in [3.8, 4) is 0 Å². The molecule has 0 spiro atoms. The van der Waals surface area contributed by atoms with Crippen LogP contribution in [-0.2, 0) is 0 Å². The average Bonchev–Trinajstić information content (AvgIpc) is 1.85. The molecule has 0 aliphatic rings. The van der Waals surface area contributed by atoms with E-state index >= 15 is 0 Å². The summed E-state index contributed by atoms with van der Waals surface area (Å²) in [5.74, 6) is 1.63. The van der Waals surface area contributed by atoms with Crippen molar-refractivity contribution in [2.75, 3.05) is 18.6 Å². The molecule has 54 valence electrons. The summed E-state index contributed by atoms with van der Waals surface area (Å²) in [6, 6.07) is 0. The fourth-order valence-corrected chi connectivity index (χ4v) is 0.836. The second-order valence-electron chi connectivity index (χ2n) is 1.81. The first-order valence-corrected chi connectivity index (χ1v) is 4.48. The number of nitrogens with two attached hydrogens (primary N) is 1. The second kappa shape index (κ2) is 5.95. The highest BCUT2D eigenvalue weighted by Gasteiger charge is 1.86. The summed E-state index contributed by atoms with van der Waals surface area (Å²) in [7, 11) is 0. The number of hydrogen-bond acceptors (Lipinski definition) is 2. The monoisotopic (exact) mass is 146 g/mol. The Morgan fingerprint density at radius 2 is 2.33 bits per heavy atom. The zero-order valence-corrected chi connectivity index (χ0v) is 6.87. The Bertz CT molecular complexity index is 91.1. The van der Waals surface area contributed by atoms with Crippen molar-refractivity contribution in [1.82, 2.24) is 0 Å². The molecule has 0 aromatic rings. The number of thioether (sulfide) groups is 1. The van der Waals surface area contributed by atoms with Crippen LogP contribution in [0.15, 0.2) is 4.99 Å². The van der Waals surface area contributed by atoms with Gasteiger partial charge in [0.1, 0.15) is 5.84 Å². The van der Waals surface area contributed by atoms with Gasteiger partial charge >= 0.3 is 0 Å². The SMILES string of the molecule is CCCN=C(N)CSC. The largest absolute Gasteiger partial charge is 0.387 e. The lowest BCUT2D eigenvalue weighted by Crippen LogP contribution is -2.14. The van der Waals surface area contributed by atoms with Gasteiger partial charge in [0.15, 0.2) is 0 Å². The maximum Gasteiger partial charge on any atom is 0.104 e. The standard InChI is InChI=1S/C6H14N2S/c1-3-4-8-6(7)5-9-2/h3-5H2,1-2H3,(H2,7,8). The summed E-state index contributed by atoms with van der Waals surface area (Å²) in [4.78, 5) is 4.11. The van der Waals surface area contributed by atoms with E-state index in [1.165, 1.54) is 0 Å². The van der Waals surface area contributed by atoms with Crippen molar-refractivity contribution in [3.63, 3.8) is 0 Å². The highest BCUT2D eigenvalue weighted by atomic mass is 32.2. The molecule has 0 fully saturated rings. The summed E-state index contributed by atoms with van der Waals surface area (Å²) < 4.78 is 0. The van der Waals surface area contributed by atoms with Crippen LogP contribution in [0.1, 0.15) is 13.3 Å². The molecule has 0 aromatic carbocycles. The fourth-order valence-electron chi connectivity index (χ4n) is 0.449. The predicted molar refractivity (Wildman–Crippen MR) is 45.2 cm³/mol. The number of nitrogens with zero attached hydrogens (tertiary/aromatic N) is 1. The third-order valence-electron chi connectivity index (χ3n) is 0.831. The first-order chi connectivity index (χ1) is 4.31. The van der Waals surface area contributed by atoms with E-state index in [-0.39, 0.29) is 0 Å². The first-order valence-electron chi connectivity index (χ1n) is 3.09. The van der Waals surface area contributed by atoms with Crippen molar-refractivity contribution in [1.29, 1.82) is 0 Å². The van der Waals surface area contributed by atoms with E-state index in [0.29, 0.717) is 0 Å². The van der Waals surface area contributed by atoms with Gasteiger partial charge in [-0.2, -0.15) is 11.8 Å². The van der Waals surface area contributed by atoms with Crippen molar-refractivity contribution in [2.45, 2.75) is 13.3 Å². The van der Waals surface area contributed by atoms with E-state index in [1.807, 2.05) is 6.26 Å². The maximum absolute atomic E-state index is 5.50. The van der Waals surface area contributed by atoms with Crippen LogP contribution in [0.25, 0.3) is 0 Å². The Labute approximate surface area is 60.9 Å². The van der Waals surface area contributed by atoms with E-state index in [9.17, 15) is 0 Å². The highest BCUT2D eigenvalue weighted by Crippen LogP contribution is 1.89. The number of rotatable bonds is 4. The van der Waals surface area contributed by atoms with Crippen LogP contribution in [0, 0.1) is 0 Å². The highest BCUT2D eigenvalue weighted by molar-refractivity contribution is 7.99. The van der Waals surface area contributed by atoms with Crippen LogP contribution in [0.2, 0.25) is 0 Å². The third-order valence-corrected chi connectivity index (χ3v) is 1.42. The quantitative estimate of drug-likeness (QED) is 0.477. The Morgan fingerprint density at radius 3 is 2.78 bits per heavy atom. The molecule has 9 heavy (non-hydrogen) atoms. The number of hydrogen-bond donors (Lipinski definition) is 1. The Morgan fingerprint density at radius 1 is 1.67 bits per heavy atom. The van der Waals surface area contributed by atoms with Gasteiger partial charge < -0.3 is 5.73 Å². The van der Waals surface area contributed by atoms with Crippen molar-refractivity contribution in [2.24, 2.45) is 10.7 Å². The first kappa shape index (κ1) is 8.82. The minimum Gasteiger partial charge on any atom is -0.387 e. The molecule has 0 aliphatic heterocycles. The van der Waals surface area contributed by atoms with Gasteiger partial charge in [-0.3, -0.25) is 4.99 Å². The maximum atomic E-state index is 5.50. The topological polar surface area (TPSA) is 38.4 Å². The molecule has 2 N–H and O–H groups in total. The average molecular weight is 146 g/mol. The van der Waals surface area contributed by atoms with E-state index in [2.05, 4.69) is 11.9 Å². The molecule has 0 saturated heterocycles. The summed E-state index contributed by atoms with van der Waals surface area (Å²) in [6.07, 6.45) is 3.10. The molecular formula is C6H14N2S. The summed E-state index contributed by atoms with van der Waals surface area (Å²) in [5, 5.41) is 0. The molecule has 0 bridgehead atoms. The van der Waals surface area contributed by atoms with E-state index < -0.39 is 0 Å². The molecule has 0 atom stereocenters. The molecule has 2 nitrogen and oxygen atoms in total. The van der Waals surface area contributed by atoms with Gasteiger partial charge in [-0.15, -0.1) is 0 Å². The van der Waals surface area contributed by atoms with Gasteiger partial charge in [0.2, 0.25) is 0 Å². The minimum atomic E-state index is 0.768. The van der Waals surface area contributed by atoms with Gasteiger partial charge in [0, 0.05) is 6.54 Å². The second-order valence-corrected chi connectivity index (χ2v) is 2.67. The summed E-state index contributed by atoms with van der Waals surface area (Å²) in [5.41, 5.74) is 5.50. The molecule has 0 rings (SSSR count). The van der Waals surface area contributed by atoms with E-state index in [1.54, 1.807) is 11.8 Å². The molecule has 0 saturated carbocycles. The summed E-state index contributed by atoms with van der Waals surface area (Å²) in [6.45, 7) is 2.96. The van der Waals surface area contributed by atoms with Gasteiger partial charge in [0.25, 0.3) is 0 Å².